The summed E-state index contributed by atoms with van der Waals surface area (Å²) in [7, 11) is 0. The lowest BCUT2D eigenvalue weighted by Gasteiger charge is -2.27. The minimum atomic E-state index is 1.03. The molecule has 0 radical (unpaired) electrons. The van der Waals surface area contributed by atoms with Gasteiger partial charge in [0.15, 0.2) is 0 Å². The lowest BCUT2D eigenvalue weighted by Crippen LogP contribution is -2.10. The Morgan fingerprint density at radius 3 is 1.93 bits per heavy atom. The molecule has 0 aliphatic heterocycles. The predicted molar refractivity (Wildman–Crippen MR) is 174 cm³/mol. The van der Waals surface area contributed by atoms with E-state index in [4.69, 9.17) is 0 Å². The van der Waals surface area contributed by atoms with E-state index in [1.165, 1.54) is 44.3 Å². The Morgan fingerprint density at radius 2 is 1.12 bits per heavy atom. The van der Waals surface area contributed by atoms with E-state index in [0.29, 0.717) is 0 Å². The molecule has 0 unspecified atom stereocenters. The summed E-state index contributed by atoms with van der Waals surface area (Å²) in [5.74, 6) is 0. The highest BCUT2D eigenvalue weighted by Crippen LogP contribution is 2.40. The third kappa shape index (κ3) is 6.16. The number of benzene rings is 6. The van der Waals surface area contributed by atoms with E-state index in [9.17, 15) is 0 Å². The zero-order valence-corrected chi connectivity index (χ0v) is 23.7. The van der Waals surface area contributed by atoms with Gasteiger partial charge in [0.1, 0.15) is 0 Å². The van der Waals surface area contributed by atoms with Gasteiger partial charge in [-0.2, -0.15) is 0 Å². The zero-order chi connectivity index (χ0) is 27.7. The van der Waals surface area contributed by atoms with Crippen LogP contribution < -0.4 is 4.90 Å². The van der Waals surface area contributed by atoms with Crippen molar-refractivity contribution in [3.8, 4) is 11.1 Å². The molecule has 40 heavy (non-hydrogen) atoms. The largest absolute Gasteiger partial charge is 0.310 e. The van der Waals surface area contributed by atoms with Crippen LogP contribution in [-0.4, -0.2) is 0 Å². The summed E-state index contributed by atoms with van der Waals surface area (Å²) in [6.45, 7) is 6.16. The first kappa shape index (κ1) is 27.0. The molecular formula is C39H37N. The second kappa shape index (κ2) is 13.0. The minimum absolute atomic E-state index is 1.03. The first-order chi connectivity index (χ1) is 19.7. The monoisotopic (exact) mass is 519 g/mol. The van der Waals surface area contributed by atoms with Gasteiger partial charge < -0.3 is 4.90 Å². The molecule has 0 saturated carbocycles. The number of nitrogens with zero attached hydrogens (tertiary/aromatic N) is 1. The Balaban J connectivity index is 0.00000158. The maximum Gasteiger partial charge on any atom is 0.0540 e. The van der Waals surface area contributed by atoms with Gasteiger partial charge in [-0.3, -0.25) is 0 Å². The average molecular weight is 520 g/mol. The van der Waals surface area contributed by atoms with Gasteiger partial charge in [0, 0.05) is 16.8 Å². The van der Waals surface area contributed by atoms with Crippen LogP contribution in [0.1, 0.15) is 30.5 Å². The van der Waals surface area contributed by atoms with Crippen molar-refractivity contribution in [1.82, 2.24) is 0 Å². The molecular weight excluding hydrogens is 482 g/mol. The van der Waals surface area contributed by atoms with Crippen molar-refractivity contribution in [1.29, 1.82) is 0 Å². The molecule has 1 heteroatoms. The lowest BCUT2D eigenvalue weighted by molar-refractivity contribution is 0.958. The van der Waals surface area contributed by atoms with Gasteiger partial charge in [0.25, 0.3) is 0 Å². The number of aryl methyl sites for hydroxylation is 3. The van der Waals surface area contributed by atoms with Gasteiger partial charge in [-0.1, -0.05) is 135 Å². The van der Waals surface area contributed by atoms with Crippen LogP contribution in [0.15, 0.2) is 146 Å². The van der Waals surface area contributed by atoms with Crippen molar-refractivity contribution in [3.05, 3.63) is 162 Å². The molecule has 6 aromatic rings. The molecule has 0 saturated heterocycles. The summed E-state index contributed by atoms with van der Waals surface area (Å²) >= 11 is 0. The molecule has 6 rings (SSSR count). The van der Waals surface area contributed by atoms with Gasteiger partial charge in [0.2, 0.25) is 0 Å². The second-order valence-corrected chi connectivity index (χ2v) is 9.91. The van der Waals surface area contributed by atoms with Crippen molar-refractivity contribution in [2.45, 2.75) is 33.6 Å². The summed E-state index contributed by atoms with van der Waals surface area (Å²) < 4.78 is 0. The quantitative estimate of drug-likeness (QED) is 0.203. The molecule has 0 heterocycles. The van der Waals surface area contributed by atoms with Gasteiger partial charge in [-0.15, -0.1) is 0 Å². The summed E-state index contributed by atoms with van der Waals surface area (Å²) in [6.07, 6.45) is 2.08. The van der Waals surface area contributed by atoms with E-state index in [1.807, 2.05) is 13.8 Å². The highest BCUT2D eigenvalue weighted by molar-refractivity contribution is 5.99. The van der Waals surface area contributed by atoms with E-state index in [1.54, 1.807) is 0 Å². The number of fused-ring (bicyclic) bond motifs is 1. The van der Waals surface area contributed by atoms with Crippen molar-refractivity contribution in [3.63, 3.8) is 0 Å². The van der Waals surface area contributed by atoms with Crippen LogP contribution in [0.2, 0.25) is 0 Å². The Bertz CT molecular complexity index is 1660. The first-order valence-corrected chi connectivity index (χ1v) is 14.3. The average Bonchev–Trinajstić information content (AvgIpc) is 3.03. The standard InChI is InChI=1S/C37H31N.C2H6/c1-28-10-7-11-30(26-28)21-20-29-22-24-34(25-23-29)38(37-19-9-15-32-14-5-6-18-36(32)37)35-17-8-16-33(27-35)31-12-3-2-4-13-31;1-2/h2-19,22-27H,20-21H2,1H3;1-2H3. The van der Waals surface area contributed by atoms with Crippen LogP contribution in [0, 0.1) is 6.92 Å². The topological polar surface area (TPSA) is 3.24 Å². The minimum Gasteiger partial charge on any atom is -0.310 e. The maximum atomic E-state index is 2.39. The molecule has 0 aliphatic rings. The summed E-state index contributed by atoms with van der Waals surface area (Å²) in [5, 5.41) is 2.48. The summed E-state index contributed by atoms with van der Waals surface area (Å²) in [6, 6.07) is 52.6. The molecule has 0 N–H and O–H groups in total. The highest BCUT2D eigenvalue weighted by Gasteiger charge is 2.16. The SMILES string of the molecule is CC.Cc1cccc(CCc2ccc(N(c3cccc(-c4ccccc4)c3)c3cccc4ccccc34)cc2)c1. The van der Waals surface area contributed by atoms with Crippen molar-refractivity contribution >= 4 is 27.8 Å². The van der Waals surface area contributed by atoms with Crippen LogP contribution in [0.5, 0.6) is 0 Å². The third-order valence-corrected chi connectivity index (χ3v) is 7.20. The highest BCUT2D eigenvalue weighted by atomic mass is 15.1. The molecule has 198 valence electrons. The van der Waals surface area contributed by atoms with Crippen molar-refractivity contribution in [2.75, 3.05) is 4.90 Å². The predicted octanol–water partition coefficient (Wildman–Crippen LogP) is 11.1. The Kier molecular flexibility index (Phi) is 8.73. The van der Waals surface area contributed by atoms with Gasteiger partial charge in [-0.25, -0.2) is 0 Å². The van der Waals surface area contributed by atoms with Crippen molar-refractivity contribution in [2.24, 2.45) is 0 Å². The maximum absolute atomic E-state index is 2.39. The van der Waals surface area contributed by atoms with E-state index in [0.717, 1.165) is 24.2 Å². The fourth-order valence-corrected chi connectivity index (χ4v) is 5.25. The van der Waals surface area contributed by atoms with Crippen LogP contribution in [0.3, 0.4) is 0 Å². The van der Waals surface area contributed by atoms with E-state index in [2.05, 4.69) is 157 Å². The second-order valence-electron chi connectivity index (χ2n) is 9.91. The van der Waals surface area contributed by atoms with E-state index >= 15 is 0 Å². The lowest BCUT2D eigenvalue weighted by atomic mass is 10.0. The molecule has 6 aromatic carbocycles. The Morgan fingerprint density at radius 1 is 0.475 bits per heavy atom. The molecule has 0 amide bonds. The van der Waals surface area contributed by atoms with E-state index < -0.39 is 0 Å². The summed E-state index contributed by atoms with van der Waals surface area (Å²) in [4.78, 5) is 2.39. The summed E-state index contributed by atoms with van der Waals surface area (Å²) in [5.41, 5.74) is 9.99. The Labute approximate surface area is 239 Å². The smallest absolute Gasteiger partial charge is 0.0540 e. The van der Waals surface area contributed by atoms with Gasteiger partial charge in [-0.05, 0) is 77.7 Å². The normalized spacial score (nSPS) is 10.6. The number of anilines is 3. The van der Waals surface area contributed by atoms with Crippen LogP contribution in [0.4, 0.5) is 17.1 Å². The molecule has 0 spiro atoms. The fourth-order valence-electron chi connectivity index (χ4n) is 5.25. The van der Waals surface area contributed by atoms with Crippen LogP contribution >= 0.6 is 0 Å². The van der Waals surface area contributed by atoms with Crippen molar-refractivity contribution < 1.29 is 0 Å². The molecule has 0 aliphatic carbocycles. The molecule has 0 bridgehead atoms. The number of hydrogen-bond acceptors (Lipinski definition) is 1. The third-order valence-electron chi connectivity index (χ3n) is 7.20. The Hall–Kier alpha value is -4.62. The fraction of sp³-hybridized carbons (Fsp3) is 0.128. The van der Waals surface area contributed by atoms with Gasteiger partial charge in [0.05, 0.1) is 5.69 Å². The van der Waals surface area contributed by atoms with Gasteiger partial charge >= 0.3 is 0 Å². The molecule has 0 fully saturated rings. The zero-order valence-electron chi connectivity index (χ0n) is 23.7. The molecule has 0 atom stereocenters. The molecule has 1 nitrogen and oxygen atoms in total. The van der Waals surface area contributed by atoms with Crippen LogP contribution in [0.25, 0.3) is 21.9 Å². The number of rotatable bonds is 7. The van der Waals surface area contributed by atoms with Crippen LogP contribution in [-0.2, 0) is 12.8 Å². The molecule has 0 aromatic heterocycles. The number of hydrogen-bond donors (Lipinski definition) is 0. The first-order valence-electron chi connectivity index (χ1n) is 14.3. The van der Waals surface area contributed by atoms with E-state index in [-0.39, 0.29) is 0 Å².